The number of nitrogens with zero attached hydrogens (tertiary/aromatic N) is 4. The highest BCUT2D eigenvalue weighted by atomic mass is 35.5. The Kier molecular flexibility index (Phi) is 7.27. The van der Waals surface area contributed by atoms with E-state index in [1.54, 1.807) is 0 Å². The van der Waals surface area contributed by atoms with E-state index in [1.165, 1.54) is 17.4 Å². The summed E-state index contributed by atoms with van der Waals surface area (Å²) in [5.41, 5.74) is 2.16. The predicted octanol–water partition coefficient (Wildman–Crippen LogP) is 3.87. The van der Waals surface area contributed by atoms with Crippen molar-refractivity contribution in [2.24, 2.45) is 0 Å². The van der Waals surface area contributed by atoms with Gasteiger partial charge in [-0.1, -0.05) is 59.8 Å². The number of nitrogens with one attached hydrogen (secondary N) is 1. The van der Waals surface area contributed by atoms with Crippen molar-refractivity contribution >= 4 is 40.8 Å². The summed E-state index contributed by atoms with van der Waals surface area (Å²) in [5.74, 6) is 1.10. The van der Waals surface area contributed by atoms with Crippen LogP contribution in [0.1, 0.15) is 5.56 Å². The third kappa shape index (κ3) is 5.89. The van der Waals surface area contributed by atoms with Gasteiger partial charge in [-0.25, -0.2) is 0 Å². The van der Waals surface area contributed by atoms with E-state index in [4.69, 9.17) is 11.6 Å². The van der Waals surface area contributed by atoms with Crippen LogP contribution in [0.3, 0.4) is 0 Å². The highest BCUT2D eigenvalue weighted by Gasteiger charge is 2.18. The molecule has 0 bridgehead atoms. The lowest BCUT2D eigenvalue weighted by Crippen LogP contribution is -2.46. The molecule has 0 aliphatic carbocycles. The van der Waals surface area contributed by atoms with Gasteiger partial charge in [-0.15, -0.1) is 10.2 Å². The Labute approximate surface area is 191 Å². The number of anilines is 2. The van der Waals surface area contributed by atoms with Crippen molar-refractivity contribution in [1.29, 1.82) is 0 Å². The van der Waals surface area contributed by atoms with Gasteiger partial charge in [0.15, 0.2) is 5.82 Å². The van der Waals surface area contributed by atoms with E-state index in [9.17, 15) is 4.79 Å². The summed E-state index contributed by atoms with van der Waals surface area (Å²) in [6.45, 7) is 4.13. The molecule has 1 saturated heterocycles. The van der Waals surface area contributed by atoms with E-state index in [2.05, 4.69) is 49.6 Å². The monoisotopic (exact) mass is 453 g/mol. The Hall–Kier alpha value is -2.77. The zero-order chi connectivity index (χ0) is 21.5. The molecule has 1 fully saturated rings. The van der Waals surface area contributed by atoms with Crippen LogP contribution in [0.15, 0.2) is 71.8 Å². The fraction of sp³-hybridized carbons (Fsp3) is 0.261. The van der Waals surface area contributed by atoms with Gasteiger partial charge in [0.25, 0.3) is 0 Å². The lowest BCUT2D eigenvalue weighted by molar-refractivity contribution is -0.118. The van der Waals surface area contributed by atoms with Crippen molar-refractivity contribution in [2.45, 2.75) is 11.6 Å². The van der Waals surface area contributed by atoms with Crippen LogP contribution in [0.4, 0.5) is 11.5 Å². The lowest BCUT2D eigenvalue weighted by Gasteiger charge is -2.36. The van der Waals surface area contributed by atoms with Crippen molar-refractivity contribution < 1.29 is 4.79 Å². The minimum Gasteiger partial charge on any atom is -0.368 e. The summed E-state index contributed by atoms with van der Waals surface area (Å²) in [5, 5.41) is 12.9. The molecule has 6 nitrogen and oxygen atoms in total. The van der Waals surface area contributed by atoms with Gasteiger partial charge in [0.1, 0.15) is 5.03 Å². The van der Waals surface area contributed by atoms with Crippen LogP contribution in [0.2, 0.25) is 5.02 Å². The Morgan fingerprint density at radius 1 is 0.903 bits per heavy atom. The predicted molar refractivity (Wildman–Crippen MR) is 127 cm³/mol. The maximum atomic E-state index is 12.1. The van der Waals surface area contributed by atoms with Gasteiger partial charge in [-0.05, 0) is 35.9 Å². The number of aromatic nitrogens is 2. The van der Waals surface area contributed by atoms with Gasteiger partial charge < -0.3 is 15.1 Å². The second kappa shape index (κ2) is 10.5. The van der Waals surface area contributed by atoms with Crippen LogP contribution in [0.25, 0.3) is 0 Å². The number of piperazine rings is 1. The first-order valence-electron chi connectivity index (χ1n) is 10.2. The van der Waals surface area contributed by atoms with Crippen molar-refractivity contribution in [1.82, 2.24) is 15.5 Å². The number of para-hydroxylation sites is 1. The molecule has 0 radical (unpaired) electrons. The number of halogens is 1. The van der Waals surface area contributed by atoms with Crippen molar-refractivity contribution in [2.75, 3.05) is 41.7 Å². The zero-order valence-corrected chi connectivity index (χ0v) is 18.6. The van der Waals surface area contributed by atoms with Gasteiger partial charge >= 0.3 is 0 Å². The lowest BCUT2D eigenvalue weighted by atomic mass is 10.2. The number of amides is 1. The average Bonchev–Trinajstić information content (AvgIpc) is 2.83. The number of benzene rings is 2. The van der Waals surface area contributed by atoms with E-state index in [1.807, 2.05) is 42.5 Å². The highest BCUT2D eigenvalue weighted by molar-refractivity contribution is 7.99. The molecule has 0 unspecified atom stereocenters. The van der Waals surface area contributed by atoms with Crippen LogP contribution in [0.5, 0.6) is 0 Å². The summed E-state index contributed by atoms with van der Waals surface area (Å²) < 4.78 is 0. The van der Waals surface area contributed by atoms with Crippen LogP contribution in [0, 0.1) is 0 Å². The van der Waals surface area contributed by atoms with Gasteiger partial charge in [0.05, 0.1) is 5.75 Å². The Morgan fingerprint density at radius 2 is 1.61 bits per heavy atom. The second-order valence-electron chi connectivity index (χ2n) is 7.20. The molecule has 4 rings (SSSR count). The molecule has 1 N–H and O–H groups in total. The number of hydrogen-bond donors (Lipinski definition) is 1. The minimum atomic E-state index is -0.0622. The molecule has 0 atom stereocenters. The van der Waals surface area contributed by atoms with Gasteiger partial charge in [-0.3, -0.25) is 4.79 Å². The molecule has 1 aliphatic heterocycles. The summed E-state index contributed by atoms with van der Waals surface area (Å²) in [6, 6.07) is 21.9. The van der Waals surface area contributed by atoms with E-state index in [0.29, 0.717) is 11.6 Å². The largest absolute Gasteiger partial charge is 0.368 e. The molecule has 160 valence electrons. The van der Waals surface area contributed by atoms with Gasteiger partial charge in [0, 0.05) is 43.4 Å². The molecule has 1 aromatic heterocycles. The number of hydrogen-bond acceptors (Lipinski definition) is 6. The van der Waals surface area contributed by atoms with Crippen molar-refractivity contribution in [3.63, 3.8) is 0 Å². The summed E-state index contributed by atoms with van der Waals surface area (Å²) in [6.07, 6.45) is 0. The summed E-state index contributed by atoms with van der Waals surface area (Å²) in [4.78, 5) is 16.8. The average molecular weight is 454 g/mol. The smallest absolute Gasteiger partial charge is 0.230 e. The number of thioether (sulfide) groups is 1. The number of rotatable bonds is 7. The Morgan fingerprint density at radius 3 is 2.32 bits per heavy atom. The van der Waals surface area contributed by atoms with Crippen LogP contribution < -0.4 is 15.1 Å². The van der Waals surface area contributed by atoms with Gasteiger partial charge in [0.2, 0.25) is 5.91 Å². The standard InChI is InChI=1S/C23H24ClN5OS/c24-20-9-5-4-6-18(20)16-25-22(30)17-31-23-11-10-21(26-27-23)29-14-12-28(13-15-29)19-7-2-1-3-8-19/h1-11H,12-17H2,(H,25,30). The molecular weight excluding hydrogens is 430 g/mol. The van der Waals surface area contributed by atoms with E-state index >= 15 is 0 Å². The van der Waals surface area contributed by atoms with Crippen LogP contribution in [-0.4, -0.2) is 48.0 Å². The second-order valence-corrected chi connectivity index (χ2v) is 8.60. The van der Waals surface area contributed by atoms with Crippen LogP contribution in [-0.2, 0) is 11.3 Å². The molecular formula is C23H24ClN5OS. The van der Waals surface area contributed by atoms with E-state index < -0.39 is 0 Å². The Bertz CT molecular complexity index is 994. The Balaban J connectivity index is 1.22. The molecule has 2 heterocycles. The fourth-order valence-electron chi connectivity index (χ4n) is 3.42. The SMILES string of the molecule is O=C(CSc1ccc(N2CCN(c3ccccc3)CC2)nn1)NCc1ccccc1Cl. The fourth-order valence-corrected chi connectivity index (χ4v) is 4.26. The number of carbonyl (C=O) groups is 1. The first-order chi connectivity index (χ1) is 15.2. The zero-order valence-electron chi connectivity index (χ0n) is 17.1. The normalized spacial score (nSPS) is 13.8. The third-order valence-corrected chi connectivity index (χ3v) is 6.42. The molecule has 8 heteroatoms. The minimum absolute atomic E-state index is 0.0622. The summed E-state index contributed by atoms with van der Waals surface area (Å²) >= 11 is 7.49. The quantitative estimate of drug-likeness (QED) is 0.548. The number of carbonyl (C=O) groups excluding carboxylic acids is 1. The highest BCUT2D eigenvalue weighted by Crippen LogP contribution is 2.21. The topological polar surface area (TPSA) is 61.4 Å². The molecule has 1 aliphatic rings. The van der Waals surface area contributed by atoms with Crippen molar-refractivity contribution in [3.8, 4) is 0 Å². The van der Waals surface area contributed by atoms with E-state index in [-0.39, 0.29) is 11.7 Å². The molecule has 31 heavy (non-hydrogen) atoms. The first-order valence-corrected chi connectivity index (χ1v) is 11.6. The first kappa shape index (κ1) is 21.5. The van der Waals surface area contributed by atoms with Crippen molar-refractivity contribution in [3.05, 3.63) is 77.3 Å². The third-order valence-electron chi connectivity index (χ3n) is 5.14. The summed E-state index contributed by atoms with van der Waals surface area (Å²) in [7, 11) is 0. The molecule has 1 amide bonds. The molecule has 0 spiro atoms. The maximum absolute atomic E-state index is 12.1. The molecule has 3 aromatic rings. The molecule has 0 saturated carbocycles. The molecule has 2 aromatic carbocycles. The van der Waals surface area contributed by atoms with Crippen LogP contribution >= 0.6 is 23.4 Å². The maximum Gasteiger partial charge on any atom is 0.230 e. The van der Waals surface area contributed by atoms with E-state index in [0.717, 1.165) is 42.6 Å². The van der Waals surface area contributed by atoms with Gasteiger partial charge in [-0.2, -0.15) is 0 Å².